The maximum atomic E-state index is 6.39. The van der Waals surface area contributed by atoms with Crippen LogP contribution in [-0.2, 0) is 0 Å². The molecule has 0 unspecified atom stereocenters. The lowest BCUT2D eigenvalue weighted by Gasteiger charge is -2.25. The number of H-pyrrole nitrogens is 1. The minimum atomic E-state index is 0.912. The monoisotopic (exact) mass is 500 g/mol. The van der Waals surface area contributed by atoms with Crippen LogP contribution in [0.5, 0.6) is 0 Å². The van der Waals surface area contributed by atoms with Crippen molar-refractivity contribution >= 4 is 60.8 Å². The molecule has 3 nitrogen and oxygen atoms in total. The van der Waals surface area contributed by atoms with E-state index in [9.17, 15) is 0 Å². The maximum absolute atomic E-state index is 6.39. The van der Waals surface area contributed by atoms with Gasteiger partial charge in [-0.25, -0.2) is 0 Å². The normalized spacial score (nSPS) is 11.6. The lowest BCUT2D eigenvalue weighted by molar-refractivity contribution is 0.670. The van der Waals surface area contributed by atoms with Gasteiger partial charge >= 0.3 is 0 Å². The number of benzene rings is 6. The van der Waals surface area contributed by atoms with Crippen molar-refractivity contribution in [1.82, 2.24) is 4.98 Å². The van der Waals surface area contributed by atoms with E-state index in [2.05, 4.69) is 137 Å². The Morgan fingerprint density at radius 1 is 0.462 bits per heavy atom. The van der Waals surface area contributed by atoms with E-state index >= 15 is 0 Å². The molecule has 0 fully saturated rings. The molecule has 0 atom stereocenters. The van der Waals surface area contributed by atoms with Gasteiger partial charge in [0.2, 0.25) is 0 Å². The van der Waals surface area contributed by atoms with Crippen LogP contribution >= 0.6 is 0 Å². The van der Waals surface area contributed by atoms with Crippen LogP contribution in [0, 0.1) is 0 Å². The molecule has 39 heavy (non-hydrogen) atoms. The first-order valence-corrected chi connectivity index (χ1v) is 13.2. The number of nitrogens with one attached hydrogen (secondary N) is 1. The highest BCUT2D eigenvalue weighted by Crippen LogP contribution is 2.41. The fourth-order valence-electron chi connectivity index (χ4n) is 5.83. The predicted octanol–water partition coefficient (Wildman–Crippen LogP) is 10.4. The zero-order valence-corrected chi connectivity index (χ0v) is 21.1. The maximum Gasteiger partial charge on any atom is 0.143 e. The van der Waals surface area contributed by atoms with E-state index in [0.717, 1.165) is 61.2 Å². The standard InChI is InChI=1S/C36H24N2O/c1-3-11-24(12-4-1)38(25-13-5-2-6-14-25)26-21-22-33-32(23-26)29-17-9-16-28(35(29)37-33)31-19-10-18-30-27-15-7-8-20-34(27)39-36(30)31/h1-23,37H. The van der Waals surface area contributed by atoms with Gasteiger partial charge in [0.25, 0.3) is 0 Å². The van der Waals surface area contributed by atoms with E-state index in [1.807, 2.05) is 12.1 Å². The Labute approximate surface area is 225 Å². The van der Waals surface area contributed by atoms with E-state index in [4.69, 9.17) is 4.42 Å². The molecular weight excluding hydrogens is 476 g/mol. The van der Waals surface area contributed by atoms with Crippen molar-refractivity contribution in [2.24, 2.45) is 0 Å². The van der Waals surface area contributed by atoms with Crippen LogP contribution < -0.4 is 4.90 Å². The van der Waals surface area contributed by atoms with Gasteiger partial charge in [-0.2, -0.15) is 0 Å². The van der Waals surface area contributed by atoms with Gasteiger partial charge in [0.05, 0.1) is 5.52 Å². The predicted molar refractivity (Wildman–Crippen MR) is 163 cm³/mol. The second kappa shape index (κ2) is 8.64. The van der Waals surface area contributed by atoms with Crippen LogP contribution in [0.1, 0.15) is 0 Å². The summed E-state index contributed by atoms with van der Waals surface area (Å²) >= 11 is 0. The number of furan rings is 1. The zero-order valence-electron chi connectivity index (χ0n) is 21.1. The molecule has 8 rings (SSSR count). The molecule has 6 aromatic carbocycles. The highest BCUT2D eigenvalue weighted by Gasteiger charge is 2.17. The Kier molecular flexibility index (Phi) is 4.82. The molecule has 0 saturated carbocycles. The summed E-state index contributed by atoms with van der Waals surface area (Å²) in [5.74, 6) is 0. The van der Waals surface area contributed by atoms with Crippen molar-refractivity contribution in [1.29, 1.82) is 0 Å². The Morgan fingerprint density at radius 2 is 1.10 bits per heavy atom. The number of nitrogens with zero attached hydrogens (tertiary/aromatic N) is 1. The van der Waals surface area contributed by atoms with E-state index in [-0.39, 0.29) is 0 Å². The Bertz CT molecular complexity index is 2080. The van der Waals surface area contributed by atoms with Gasteiger partial charge in [-0.3, -0.25) is 0 Å². The first-order valence-electron chi connectivity index (χ1n) is 13.2. The number of aromatic nitrogens is 1. The smallest absolute Gasteiger partial charge is 0.143 e. The van der Waals surface area contributed by atoms with Gasteiger partial charge in [-0.05, 0) is 48.5 Å². The molecule has 0 aliphatic heterocycles. The number of para-hydroxylation sites is 5. The summed E-state index contributed by atoms with van der Waals surface area (Å²) in [6, 6.07) is 48.9. The van der Waals surface area contributed by atoms with Gasteiger partial charge in [0.15, 0.2) is 0 Å². The van der Waals surface area contributed by atoms with Gasteiger partial charge in [0, 0.05) is 55.3 Å². The molecule has 2 heterocycles. The van der Waals surface area contributed by atoms with Crippen LogP contribution in [0.3, 0.4) is 0 Å². The molecule has 1 N–H and O–H groups in total. The summed E-state index contributed by atoms with van der Waals surface area (Å²) in [5, 5.41) is 4.67. The van der Waals surface area contributed by atoms with Crippen molar-refractivity contribution in [3.8, 4) is 11.1 Å². The minimum absolute atomic E-state index is 0.912. The molecule has 0 radical (unpaired) electrons. The van der Waals surface area contributed by atoms with Crippen LogP contribution in [0.4, 0.5) is 17.1 Å². The number of aromatic amines is 1. The fourth-order valence-corrected chi connectivity index (χ4v) is 5.83. The van der Waals surface area contributed by atoms with E-state index in [1.54, 1.807) is 0 Å². The number of hydrogen-bond acceptors (Lipinski definition) is 2. The molecule has 3 heteroatoms. The molecular formula is C36H24N2O. The van der Waals surface area contributed by atoms with Crippen molar-refractivity contribution in [3.05, 3.63) is 140 Å². The minimum Gasteiger partial charge on any atom is -0.455 e. The fraction of sp³-hybridized carbons (Fsp3) is 0. The molecule has 0 aliphatic rings. The van der Waals surface area contributed by atoms with Crippen molar-refractivity contribution in [2.75, 3.05) is 4.90 Å². The quantitative estimate of drug-likeness (QED) is 0.261. The third-order valence-corrected chi connectivity index (χ3v) is 7.60. The van der Waals surface area contributed by atoms with Crippen molar-refractivity contribution in [2.45, 2.75) is 0 Å². The molecule has 184 valence electrons. The summed E-state index contributed by atoms with van der Waals surface area (Å²) < 4.78 is 6.39. The first-order chi connectivity index (χ1) is 19.3. The Balaban J connectivity index is 1.34. The SMILES string of the molecule is c1ccc(N(c2ccccc2)c2ccc3[nH]c4c(-c5cccc6c5oc5ccccc56)cccc4c3c2)cc1. The number of rotatable bonds is 4. The summed E-state index contributed by atoms with van der Waals surface area (Å²) in [6.45, 7) is 0. The van der Waals surface area contributed by atoms with E-state index in [0.29, 0.717) is 0 Å². The number of fused-ring (bicyclic) bond motifs is 6. The lowest BCUT2D eigenvalue weighted by Crippen LogP contribution is -2.09. The summed E-state index contributed by atoms with van der Waals surface area (Å²) in [7, 11) is 0. The zero-order chi connectivity index (χ0) is 25.8. The highest BCUT2D eigenvalue weighted by atomic mass is 16.3. The van der Waals surface area contributed by atoms with Crippen LogP contribution in [0.25, 0.3) is 54.9 Å². The summed E-state index contributed by atoms with van der Waals surface area (Å²) in [5.41, 5.74) is 9.66. The summed E-state index contributed by atoms with van der Waals surface area (Å²) in [4.78, 5) is 6.03. The molecule has 0 spiro atoms. The lowest BCUT2D eigenvalue weighted by atomic mass is 9.99. The average Bonchev–Trinajstić information content (AvgIpc) is 3.57. The topological polar surface area (TPSA) is 32.2 Å². The summed E-state index contributed by atoms with van der Waals surface area (Å²) in [6.07, 6.45) is 0. The van der Waals surface area contributed by atoms with Gasteiger partial charge in [0.1, 0.15) is 11.2 Å². The number of anilines is 3. The second-order valence-electron chi connectivity index (χ2n) is 9.87. The van der Waals surface area contributed by atoms with Crippen molar-refractivity contribution < 1.29 is 4.42 Å². The molecule has 0 bridgehead atoms. The second-order valence-corrected chi connectivity index (χ2v) is 9.87. The Morgan fingerprint density at radius 3 is 1.87 bits per heavy atom. The average molecular weight is 501 g/mol. The molecule has 0 aliphatic carbocycles. The van der Waals surface area contributed by atoms with Gasteiger partial charge in [-0.15, -0.1) is 0 Å². The van der Waals surface area contributed by atoms with Gasteiger partial charge < -0.3 is 14.3 Å². The van der Waals surface area contributed by atoms with Gasteiger partial charge in [-0.1, -0.05) is 91.0 Å². The molecule has 0 saturated heterocycles. The third-order valence-electron chi connectivity index (χ3n) is 7.60. The molecule has 8 aromatic rings. The van der Waals surface area contributed by atoms with Crippen LogP contribution in [-0.4, -0.2) is 4.98 Å². The largest absolute Gasteiger partial charge is 0.455 e. The third kappa shape index (κ3) is 3.44. The van der Waals surface area contributed by atoms with Crippen molar-refractivity contribution in [3.63, 3.8) is 0 Å². The first kappa shape index (κ1) is 21.8. The molecule has 2 aromatic heterocycles. The molecule has 0 amide bonds. The van der Waals surface area contributed by atoms with Crippen LogP contribution in [0.15, 0.2) is 144 Å². The Hall–Kier alpha value is -5.28. The van der Waals surface area contributed by atoms with Crippen LogP contribution in [0.2, 0.25) is 0 Å². The van der Waals surface area contributed by atoms with E-state index in [1.165, 1.54) is 10.8 Å². The number of hydrogen-bond donors (Lipinski definition) is 1. The van der Waals surface area contributed by atoms with E-state index < -0.39 is 0 Å². The highest BCUT2D eigenvalue weighted by molar-refractivity contribution is 6.16.